The van der Waals surface area contributed by atoms with Crippen molar-refractivity contribution in [3.05, 3.63) is 211 Å². The molecular weight excluding hydrogens is 707 g/mol. The molecule has 0 aliphatic heterocycles. The van der Waals surface area contributed by atoms with Gasteiger partial charge in [0.2, 0.25) is 0 Å². The molecule has 1 atom stereocenters. The zero-order valence-corrected chi connectivity index (χ0v) is 31.7. The molecule has 1 unspecified atom stereocenters. The molecule has 3 heteroatoms. The summed E-state index contributed by atoms with van der Waals surface area (Å²) in [7, 11) is 0. The highest BCUT2D eigenvalue weighted by molar-refractivity contribution is 6.17. The Labute approximate surface area is 336 Å². The molecule has 11 aromatic rings. The lowest BCUT2D eigenvalue weighted by molar-refractivity contribution is 0.667. The highest BCUT2D eigenvalue weighted by Gasteiger charge is 2.30. The lowest BCUT2D eigenvalue weighted by atomic mass is 9.83. The Morgan fingerprint density at radius 1 is 0.431 bits per heavy atom. The molecule has 0 amide bonds. The molecule has 9 aromatic carbocycles. The summed E-state index contributed by atoms with van der Waals surface area (Å²) in [6.45, 7) is 0. The monoisotopic (exact) mass is 743 g/mol. The predicted octanol–water partition coefficient (Wildman–Crippen LogP) is 15.5. The Morgan fingerprint density at radius 2 is 1.09 bits per heavy atom. The summed E-state index contributed by atoms with van der Waals surface area (Å²) in [6.07, 6.45) is 1.87. The Balaban J connectivity index is 1.14. The van der Waals surface area contributed by atoms with Crippen LogP contribution in [0.3, 0.4) is 0 Å². The highest BCUT2D eigenvalue weighted by Crippen LogP contribution is 2.51. The van der Waals surface area contributed by atoms with Crippen LogP contribution in [-0.4, -0.2) is 0 Å². The number of fused-ring (bicyclic) bond motifs is 10. The molecule has 3 nitrogen and oxygen atoms in total. The zero-order valence-electron chi connectivity index (χ0n) is 31.7. The third-order valence-electron chi connectivity index (χ3n) is 12.3. The SMILES string of the molecule is c1ccc(-c2c3c(cc4oc5ccccc5c24)CCC(c2ccc4ccccc4c2)c2cc(N(c4ccccc4)c4ccc5c(c4)oc4ccccc45)ccc2-3)cc1. The Hall–Kier alpha value is -7.36. The van der Waals surface area contributed by atoms with Crippen LogP contribution in [0, 0.1) is 0 Å². The summed E-state index contributed by atoms with van der Waals surface area (Å²) >= 11 is 0. The molecule has 1 aliphatic carbocycles. The molecule has 0 fully saturated rings. The van der Waals surface area contributed by atoms with Crippen LogP contribution in [0.25, 0.3) is 76.9 Å². The summed E-state index contributed by atoms with van der Waals surface area (Å²) in [5, 5.41) is 7.08. The second-order valence-corrected chi connectivity index (χ2v) is 15.5. The zero-order chi connectivity index (χ0) is 38.2. The van der Waals surface area contributed by atoms with Gasteiger partial charge >= 0.3 is 0 Å². The minimum atomic E-state index is 0.147. The fourth-order valence-corrected chi connectivity index (χ4v) is 9.65. The number of benzene rings is 9. The maximum Gasteiger partial charge on any atom is 0.137 e. The van der Waals surface area contributed by atoms with Gasteiger partial charge in [0.25, 0.3) is 0 Å². The average molecular weight is 744 g/mol. The number of hydrogen-bond acceptors (Lipinski definition) is 3. The molecule has 58 heavy (non-hydrogen) atoms. The van der Waals surface area contributed by atoms with E-state index in [1.807, 2.05) is 12.1 Å². The minimum absolute atomic E-state index is 0.147. The molecule has 274 valence electrons. The summed E-state index contributed by atoms with van der Waals surface area (Å²) in [6, 6.07) is 70.3. The van der Waals surface area contributed by atoms with Gasteiger partial charge in [0.1, 0.15) is 22.3 Å². The van der Waals surface area contributed by atoms with E-state index < -0.39 is 0 Å². The topological polar surface area (TPSA) is 29.5 Å². The van der Waals surface area contributed by atoms with Crippen LogP contribution in [0.2, 0.25) is 0 Å². The van der Waals surface area contributed by atoms with Crippen molar-refractivity contribution in [2.24, 2.45) is 0 Å². The van der Waals surface area contributed by atoms with Crippen LogP contribution in [0.1, 0.15) is 29.0 Å². The Bertz CT molecular complexity index is 3360. The van der Waals surface area contributed by atoms with Gasteiger partial charge in [0.15, 0.2) is 0 Å². The first kappa shape index (κ1) is 32.8. The number of nitrogens with zero attached hydrogens (tertiary/aromatic N) is 1. The maximum absolute atomic E-state index is 6.65. The van der Waals surface area contributed by atoms with Crippen molar-refractivity contribution in [3.63, 3.8) is 0 Å². The second-order valence-electron chi connectivity index (χ2n) is 15.5. The van der Waals surface area contributed by atoms with Crippen LogP contribution < -0.4 is 4.90 Å². The van der Waals surface area contributed by atoms with Crippen LogP contribution in [0.15, 0.2) is 203 Å². The lowest BCUT2D eigenvalue weighted by Crippen LogP contribution is -2.11. The van der Waals surface area contributed by atoms with Gasteiger partial charge in [-0.3, -0.25) is 0 Å². The number of hydrogen-bond donors (Lipinski definition) is 0. The van der Waals surface area contributed by atoms with Gasteiger partial charge in [-0.1, -0.05) is 133 Å². The minimum Gasteiger partial charge on any atom is -0.456 e. The molecule has 0 N–H and O–H groups in total. The largest absolute Gasteiger partial charge is 0.456 e. The first-order valence-corrected chi connectivity index (χ1v) is 20.2. The summed E-state index contributed by atoms with van der Waals surface area (Å²) < 4.78 is 13.1. The fourth-order valence-electron chi connectivity index (χ4n) is 9.65. The van der Waals surface area contributed by atoms with Crippen LogP contribution in [0.4, 0.5) is 17.1 Å². The molecule has 0 radical (unpaired) electrons. The first-order valence-electron chi connectivity index (χ1n) is 20.2. The van der Waals surface area contributed by atoms with Crippen molar-refractivity contribution >= 4 is 71.7 Å². The molecule has 2 aromatic heterocycles. The quantitative estimate of drug-likeness (QED) is 0.176. The summed E-state index contributed by atoms with van der Waals surface area (Å²) in [4.78, 5) is 2.38. The van der Waals surface area contributed by atoms with E-state index in [4.69, 9.17) is 8.83 Å². The van der Waals surface area contributed by atoms with E-state index >= 15 is 0 Å². The van der Waals surface area contributed by atoms with E-state index in [1.54, 1.807) is 0 Å². The van der Waals surface area contributed by atoms with Crippen molar-refractivity contribution in [2.45, 2.75) is 18.8 Å². The third kappa shape index (κ3) is 5.20. The van der Waals surface area contributed by atoms with Crippen molar-refractivity contribution in [1.82, 2.24) is 0 Å². The van der Waals surface area contributed by atoms with Gasteiger partial charge in [-0.2, -0.15) is 0 Å². The van der Waals surface area contributed by atoms with Crippen molar-refractivity contribution in [3.8, 4) is 22.3 Å². The number of aryl methyl sites for hydroxylation is 1. The van der Waals surface area contributed by atoms with Crippen molar-refractivity contribution < 1.29 is 8.83 Å². The average Bonchev–Trinajstić information content (AvgIpc) is 3.79. The standard InChI is InChI=1S/C55H37NO2/c1-3-14-36(15-4-1)54-53-39(32-52-55(54)47-20-10-12-22-50(47)58-52)25-28-43(38-24-23-35-13-7-8-16-37(35)31-38)48-33-41(27-30-46(48)53)56(40-17-5-2-6-18-40)42-26-29-45-44-19-9-11-21-49(44)57-51(45)34-42/h1-24,26-27,29-34,43H,25,28H2. The number of rotatable bonds is 5. The van der Waals surface area contributed by atoms with E-state index in [1.165, 1.54) is 55.1 Å². The predicted molar refractivity (Wildman–Crippen MR) is 241 cm³/mol. The van der Waals surface area contributed by atoms with E-state index in [0.717, 1.165) is 68.4 Å². The molecule has 0 spiro atoms. The van der Waals surface area contributed by atoms with Gasteiger partial charge in [-0.15, -0.1) is 0 Å². The summed E-state index contributed by atoms with van der Waals surface area (Å²) in [5.74, 6) is 0.147. The molecule has 12 rings (SSSR count). The smallest absolute Gasteiger partial charge is 0.137 e. The van der Waals surface area contributed by atoms with Crippen LogP contribution in [-0.2, 0) is 6.42 Å². The van der Waals surface area contributed by atoms with E-state index in [9.17, 15) is 0 Å². The first-order chi connectivity index (χ1) is 28.7. The van der Waals surface area contributed by atoms with Gasteiger partial charge in [-0.25, -0.2) is 0 Å². The summed E-state index contributed by atoms with van der Waals surface area (Å²) in [5.41, 5.74) is 15.8. The van der Waals surface area contributed by atoms with Crippen LogP contribution in [0.5, 0.6) is 0 Å². The second kappa shape index (κ2) is 13.1. The van der Waals surface area contributed by atoms with Crippen molar-refractivity contribution in [1.29, 1.82) is 0 Å². The molecule has 0 bridgehead atoms. The van der Waals surface area contributed by atoms with E-state index in [2.05, 4.69) is 187 Å². The Morgan fingerprint density at radius 3 is 1.93 bits per heavy atom. The van der Waals surface area contributed by atoms with Gasteiger partial charge in [0, 0.05) is 56.2 Å². The normalized spacial score (nSPS) is 13.9. The molecule has 1 aliphatic rings. The fraction of sp³-hybridized carbons (Fsp3) is 0.0545. The van der Waals surface area contributed by atoms with E-state index in [-0.39, 0.29) is 5.92 Å². The maximum atomic E-state index is 6.65. The van der Waals surface area contributed by atoms with E-state index in [0.29, 0.717) is 0 Å². The van der Waals surface area contributed by atoms with Gasteiger partial charge in [0.05, 0.1) is 0 Å². The number of furan rings is 2. The van der Waals surface area contributed by atoms with Crippen molar-refractivity contribution in [2.75, 3.05) is 4.90 Å². The Kier molecular flexibility index (Phi) is 7.42. The lowest BCUT2D eigenvalue weighted by Gasteiger charge is -2.28. The molecule has 0 saturated carbocycles. The third-order valence-corrected chi connectivity index (χ3v) is 12.3. The van der Waals surface area contributed by atoms with Gasteiger partial charge in [-0.05, 0) is 112 Å². The number of para-hydroxylation sites is 3. The number of anilines is 3. The van der Waals surface area contributed by atoms with Gasteiger partial charge < -0.3 is 13.7 Å². The highest BCUT2D eigenvalue weighted by atomic mass is 16.3. The molecule has 0 saturated heterocycles. The molecular formula is C55H37NO2. The van der Waals surface area contributed by atoms with Crippen LogP contribution >= 0.6 is 0 Å². The molecule has 2 heterocycles.